The zero-order chi connectivity index (χ0) is 20.2. The fourth-order valence-electron chi connectivity index (χ4n) is 3.50. The molecule has 1 unspecified atom stereocenters. The quantitative estimate of drug-likeness (QED) is 0.666. The van der Waals surface area contributed by atoms with Crippen LogP contribution in [0.1, 0.15) is 28.2 Å². The van der Waals surface area contributed by atoms with Crippen molar-refractivity contribution in [3.63, 3.8) is 0 Å². The van der Waals surface area contributed by atoms with Crippen molar-refractivity contribution < 1.29 is 14.1 Å². The van der Waals surface area contributed by atoms with Gasteiger partial charge < -0.3 is 14.2 Å². The smallest absolute Gasteiger partial charge is 0.257 e. The predicted molar refractivity (Wildman–Crippen MR) is 105 cm³/mol. The van der Waals surface area contributed by atoms with E-state index >= 15 is 0 Å². The third-order valence-electron chi connectivity index (χ3n) is 5.11. The minimum Gasteiger partial charge on any atom is -0.497 e. The topological polar surface area (TPSA) is 92.2 Å². The molecule has 7 heteroatoms. The van der Waals surface area contributed by atoms with E-state index < -0.39 is 0 Å². The van der Waals surface area contributed by atoms with E-state index in [4.69, 9.17) is 14.5 Å². The Hall–Kier alpha value is -3.66. The van der Waals surface area contributed by atoms with Crippen LogP contribution >= 0.6 is 0 Å². The van der Waals surface area contributed by atoms with E-state index in [2.05, 4.69) is 16.2 Å². The molecule has 1 aliphatic rings. The molecule has 29 heavy (non-hydrogen) atoms. The van der Waals surface area contributed by atoms with E-state index in [1.807, 2.05) is 29.2 Å². The molecule has 1 fully saturated rings. The average Bonchev–Trinajstić information content (AvgIpc) is 3.43. The van der Waals surface area contributed by atoms with Crippen molar-refractivity contribution in [2.75, 3.05) is 20.2 Å². The van der Waals surface area contributed by atoms with E-state index in [1.165, 1.54) is 0 Å². The van der Waals surface area contributed by atoms with Crippen LogP contribution in [0, 0.1) is 17.2 Å². The summed E-state index contributed by atoms with van der Waals surface area (Å²) < 4.78 is 10.5. The third-order valence-corrected chi connectivity index (χ3v) is 5.11. The molecule has 1 aromatic heterocycles. The summed E-state index contributed by atoms with van der Waals surface area (Å²) >= 11 is 0. The van der Waals surface area contributed by atoms with Crippen molar-refractivity contribution in [1.29, 1.82) is 5.26 Å². The standard InChI is InChI=1S/C22H20N4O3/c1-28-19-8-6-17(7-9-19)21-24-20(25-29-21)12-16-10-11-26(14-16)22(27)18-4-2-15(13-23)3-5-18/h2-9,16H,10-12,14H2,1H3. The first-order valence-electron chi connectivity index (χ1n) is 9.42. The SMILES string of the molecule is COc1ccc(-c2nc(CC3CCN(C(=O)c4ccc(C#N)cc4)C3)no2)cc1. The molecule has 146 valence electrons. The number of carbonyl (C=O) groups excluding carboxylic acids is 1. The zero-order valence-corrected chi connectivity index (χ0v) is 16.0. The molecule has 0 saturated carbocycles. The number of nitrogens with zero attached hydrogens (tertiary/aromatic N) is 4. The van der Waals surface area contributed by atoms with Crippen LogP contribution in [0.2, 0.25) is 0 Å². The Labute approximate surface area is 168 Å². The van der Waals surface area contributed by atoms with E-state index in [-0.39, 0.29) is 5.91 Å². The Morgan fingerprint density at radius 2 is 2.00 bits per heavy atom. The highest BCUT2D eigenvalue weighted by atomic mass is 16.5. The summed E-state index contributed by atoms with van der Waals surface area (Å²) in [6.45, 7) is 1.36. The first-order valence-corrected chi connectivity index (χ1v) is 9.42. The molecule has 1 amide bonds. The average molecular weight is 388 g/mol. The molecule has 1 atom stereocenters. The second kappa shape index (κ2) is 8.15. The van der Waals surface area contributed by atoms with Crippen molar-refractivity contribution in [2.45, 2.75) is 12.8 Å². The summed E-state index contributed by atoms with van der Waals surface area (Å²) in [5, 5.41) is 13.0. The molecule has 0 aliphatic carbocycles. The minimum atomic E-state index is -0.0102. The van der Waals surface area contributed by atoms with Gasteiger partial charge in [0, 0.05) is 30.6 Å². The maximum absolute atomic E-state index is 12.7. The van der Waals surface area contributed by atoms with Crippen molar-refractivity contribution >= 4 is 5.91 Å². The third kappa shape index (κ3) is 4.11. The number of methoxy groups -OCH3 is 1. The molecule has 0 radical (unpaired) electrons. The lowest BCUT2D eigenvalue weighted by Gasteiger charge is -2.16. The van der Waals surface area contributed by atoms with Gasteiger partial charge in [0.1, 0.15) is 5.75 Å². The van der Waals surface area contributed by atoms with Crippen molar-refractivity contribution in [1.82, 2.24) is 15.0 Å². The maximum atomic E-state index is 12.7. The minimum absolute atomic E-state index is 0.0102. The van der Waals surface area contributed by atoms with Gasteiger partial charge in [0.25, 0.3) is 11.8 Å². The summed E-state index contributed by atoms with van der Waals surface area (Å²) in [5.74, 6) is 2.17. The first-order chi connectivity index (χ1) is 14.2. The van der Waals surface area contributed by atoms with Crippen molar-refractivity contribution in [3.05, 3.63) is 65.5 Å². The summed E-state index contributed by atoms with van der Waals surface area (Å²) in [6, 6.07) is 16.3. The van der Waals surface area contributed by atoms with Gasteiger partial charge >= 0.3 is 0 Å². The number of benzene rings is 2. The fraction of sp³-hybridized carbons (Fsp3) is 0.273. The summed E-state index contributed by atoms with van der Waals surface area (Å²) in [5.41, 5.74) is 1.99. The molecule has 2 heterocycles. The second-order valence-corrected chi connectivity index (χ2v) is 7.04. The number of rotatable bonds is 5. The van der Waals surface area contributed by atoms with Gasteiger partial charge in [-0.2, -0.15) is 10.2 Å². The first kappa shape index (κ1) is 18.7. The van der Waals surface area contributed by atoms with E-state index in [0.717, 1.165) is 17.7 Å². The van der Waals surface area contributed by atoms with Crippen LogP contribution in [0.25, 0.3) is 11.5 Å². The van der Waals surface area contributed by atoms with Crippen LogP contribution in [0.3, 0.4) is 0 Å². The fourth-order valence-corrected chi connectivity index (χ4v) is 3.50. The zero-order valence-electron chi connectivity index (χ0n) is 16.0. The normalized spacial score (nSPS) is 15.9. The van der Waals surface area contributed by atoms with Gasteiger partial charge in [-0.15, -0.1) is 0 Å². The van der Waals surface area contributed by atoms with E-state index in [0.29, 0.717) is 48.3 Å². The van der Waals surface area contributed by atoms with Gasteiger partial charge in [-0.3, -0.25) is 4.79 Å². The summed E-state index contributed by atoms with van der Waals surface area (Å²) in [7, 11) is 1.62. The van der Waals surface area contributed by atoms with Crippen molar-refractivity contribution in [2.24, 2.45) is 5.92 Å². The maximum Gasteiger partial charge on any atom is 0.257 e. The summed E-state index contributed by atoms with van der Waals surface area (Å²) in [4.78, 5) is 19.0. The van der Waals surface area contributed by atoms with Crippen LogP contribution in [0.5, 0.6) is 5.75 Å². The molecular formula is C22H20N4O3. The van der Waals surface area contributed by atoms with Gasteiger partial charge in [-0.25, -0.2) is 0 Å². The van der Waals surface area contributed by atoms with Gasteiger partial charge in [0.05, 0.1) is 18.7 Å². The van der Waals surface area contributed by atoms with E-state index in [1.54, 1.807) is 31.4 Å². The molecule has 7 nitrogen and oxygen atoms in total. The molecule has 0 bridgehead atoms. The number of ether oxygens (including phenoxy) is 1. The van der Waals surface area contributed by atoms with Crippen LogP contribution < -0.4 is 4.74 Å². The lowest BCUT2D eigenvalue weighted by molar-refractivity contribution is 0.0787. The van der Waals surface area contributed by atoms with Crippen LogP contribution in [0.15, 0.2) is 53.1 Å². The number of aromatic nitrogens is 2. The molecule has 1 aliphatic heterocycles. The van der Waals surface area contributed by atoms with Crippen LogP contribution in [-0.4, -0.2) is 41.1 Å². The van der Waals surface area contributed by atoms with Crippen LogP contribution in [0.4, 0.5) is 0 Å². The molecular weight excluding hydrogens is 368 g/mol. The molecule has 0 N–H and O–H groups in total. The molecule has 4 rings (SSSR count). The number of hydrogen-bond donors (Lipinski definition) is 0. The Morgan fingerprint density at radius 3 is 2.69 bits per heavy atom. The van der Waals surface area contributed by atoms with Crippen LogP contribution in [-0.2, 0) is 6.42 Å². The number of amides is 1. The summed E-state index contributed by atoms with van der Waals surface area (Å²) in [6.07, 6.45) is 1.56. The predicted octanol–water partition coefficient (Wildman–Crippen LogP) is 3.32. The Bertz CT molecular complexity index is 1040. The van der Waals surface area contributed by atoms with E-state index in [9.17, 15) is 4.79 Å². The lowest BCUT2D eigenvalue weighted by atomic mass is 10.0. The number of likely N-dealkylation sites (tertiary alicyclic amines) is 1. The van der Waals surface area contributed by atoms with Gasteiger partial charge in [-0.1, -0.05) is 5.16 Å². The molecule has 0 spiro atoms. The Morgan fingerprint density at radius 1 is 1.24 bits per heavy atom. The monoisotopic (exact) mass is 388 g/mol. The highest BCUT2D eigenvalue weighted by molar-refractivity contribution is 5.94. The number of hydrogen-bond acceptors (Lipinski definition) is 6. The van der Waals surface area contributed by atoms with Gasteiger partial charge in [0.2, 0.25) is 0 Å². The molecule has 3 aromatic rings. The molecule has 2 aromatic carbocycles. The Kier molecular flexibility index (Phi) is 5.25. The highest BCUT2D eigenvalue weighted by Crippen LogP contribution is 2.24. The lowest BCUT2D eigenvalue weighted by Crippen LogP contribution is -2.29. The number of nitriles is 1. The van der Waals surface area contributed by atoms with Gasteiger partial charge in [0.15, 0.2) is 5.82 Å². The second-order valence-electron chi connectivity index (χ2n) is 7.04. The van der Waals surface area contributed by atoms with Gasteiger partial charge in [-0.05, 0) is 60.9 Å². The Balaban J connectivity index is 1.37. The largest absolute Gasteiger partial charge is 0.497 e. The highest BCUT2D eigenvalue weighted by Gasteiger charge is 2.28. The van der Waals surface area contributed by atoms with Crippen molar-refractivity contribution in [3.8, 4) is 23.3 Å². The molecule has 1 saturated heterocycles. The number of carbonyl (C=O) groups is 1.